The van der Waals surface area contributed by atoms with Crippen LogP contribution in [-0.4, -0.2) is 78.6 Å². The van der Waals surface area contributed by atoms with Crippen LogP contribution in [0.5, 0.6) is 5.75 Å². The maximum absolute atomic E-state index is 12.1. The highest BCUT2D eigenvalue weighted by molar-refractivity contribution is 6.11. The molecule has 0 aliphatic heterocycles. The highest BCUT2D eigenvalue weighted by Crippen LogP contribution is 2.32. The van der Waals surface area contributed by atoms with Gasteiger partial charge in [0.05, 0.1) is 16.9 Å². The number of aromatic hydroxyl groups is 1. The first-order chi connectivity index (χ1) is 12.6. The molecule has 27 heavy (non-hydrogen) atoms. The molecular formula is C19H28N4O4. The van der Waals surface area contributed by atoms with E-state index in [1.807, 2.05) is 21.0 Å². The third-order valence-corrected chi connectivity index (χ3v) is 4.38. The van der Waals surface area contributed by atoms with E-state index in [1.165, 1.54) is 11.0 Å². The largest absolute Gasteiger partial charge is 0.505 e. The van der Waals surface area contributed by atoms with Crippen molar-refractivity contribution in [1.82, 2.24) is 15.1 Å². The molecule has 0 spiro atoms. The Hall–Kier alpha value is -2.58. The Kier molecular flexibility index (Phi) is 6.45. The van der Waals surface area contributed by atoms with Crippen molar-refractivity contribution in [1.29, 1.82) is 0 Å². The Bertz CT molecular complexity index is 758. The summed E-state index contributed by atoms with van der Waals surface area (Å²) in [4.78, 5) is 27.6. The number of phenolic OH excluding ortho intramolecular Hbond substituents is 1. The lowest BCUT2D eigenvalue weighted by atomic mass is 9.93. The van der Waals surface area contributed by atoms with Crippen LogP contribution >= 0.6 is 0 Å². The molecule has 1 aliphatic carbocycles. The van der Waals surface area contributed by atoms with Crippen molar-refractivity contribution in [2.45, 2.75) is 25.5 Å². The van der Waals surface area contributed by atoms with Gasteiger partial charge in [-0.1, -0.05) is 6.07 Å². The predicted octanol–water partition coefficient (Wildman–Crippen LogP) is 0.591. The predicted molar refractivity (Wildman–Crippen MR) is 104 cm³/mol. The van der Waals surface area contributed by atoms with Gasteiger partial charge in [-0.25, -0.2) is 0 Å². The van der Waals surface area contributed by atoms with Crippen LogP contribution in [0.4, 0.5) is 5.69 Å². The normalized spacial score (nSPS) is 17.6. The van der Waals surface area contributed by atoms with Gasteiger partial charge >= 0.3 is 0 Å². The number of aliphatic hydroxyl groups is 1. The van der Waals surface area contributed by atoms with Crippen molar-refractivity contribution in [3.05, 3.63) is 35.2 Å². The van der Waals surface area contributed by atoms with Crippen molar-refractivity contribution >= 4 is 17.4 Å². The monoisotopic (exact) mass is 376 g/mol. The molecule has 0 aromatic heterocycles. The molecule has 4 N–H and O–H groups in total. The van der Waals surface area contributed by atoms with Gasteiger partial charge in [0, 0.05) is 20.1 Å². The summed E-state index contributed by atoms with van der Waals surface area (Å²) in [6.07, 6.45) is -0.369. The summed E-state index contributed by atoms with van der Waals surface area (Å²) >= 11 is 0. The van der Waals surface area contributed by atoms with Crippen LogP contribution in [0.15, 0.2) is 29.6 Å². The van der Waals surface area contributed by atoms with Gasteiger partial charge in [0.15, 0.2) is 11.9 Å². The maximum atomic E-state index is 12.1. The molecule has 148 valence electrons. The number of amides is 1. The van der Waals surface area contributed by atoms with Gasteiger partial charge in [0.25, 0.3) is 5.91 Å². The van der Waals surface area contributed by atoms with Crippen LogP contribution in [0.1, 0.15) is 23.7 Å². The maximum Gasteiger partial charge on any atom is 0.257 e. The first kappa shape index (κ1) is 20.7. The molecule has 2 atom stereocenters. The minimum absolute atomic E-state index is 0.0530. The second-order valence-corrected chi connectivity index (χ2v) is 7.22. The van der Waals surface area contributed by atoms with Crippen LogP contribution in [0.2, 0.25) is 0 Å². The molecule has 8 heteroatoms. The van der Waals surface area contributed by atoms with Crippen LogP contribution in [0.3, 0.4) is 0 Å². The number of ketones is 1. The van der Waals surface area contributed by atoms with Crippen molar-refractivity contribution < 1.29 is 19.8 Å². The van der Waals surface area contributed by atoms with E-state index in [4.69, 9.17) is 0 Å². The van der Waals surface area contributed by atoms with Crippen LogP contribution in [-0.2, 0) is 4.79 Å². The lowest BCUT2D eigenvalue weighted by Crippen LogP contribution is -2.48. The smallest absolute Gasteiger partial charge is 0.257 e. The zero-order chi connectivity index (χ0) is 20.3. The summed E-state index contributed by atoms with van der Waals surface area (Å²) < 4.78 is 0. The molecule has 0 saturated carbocycles. The molecule has 1 aliphatic rings. The lowest BCUT2D eigenvalue weighted by molar-refractivity contribution is -0.124. The van der Waals surface area contributed by atoms with Gasteiger partial charge in [-0.05, 0) is 46.1 Å². The molecule has 0 fully saturated rings. The summed E-state index contributed by atoms with van der Waals surface area (Å²) in [6, 6.07) is 4.75. The zero-order valence-electron chi connectivity index (χ0n) is 16.4. The number of carbonyl (C=O) groups excluding carboxylic acids is 2. The molecule has 0 bridgehead atoms. The van der Waals surface area contributed by atoms with Gasteiger partial charge < -0.3 is 30.6 Å². The second kappa shape index (κ2) is 8.41. The Labute approximate surface area is 159 Å². The number of anilines is 1. The van der Waals surface area contributed by atoms with E-state index in [9.17, 15) is 19.8 Å². The van der Waals surface area contributed by atoms with Gasteiger partial charge in [0.1, 0.15) is 5.70 Å². The van der Waals surface area contributed by atoms with E-state index < -0.39 is 11.9 Å². The quantitative estimate of drug-likeness (QED) is 0.492. The Morgan fingerprint density at radius 3 is 2.52 bits per heavy atom. The van der Waals surface area contributed by atoms with E-state index in [0.29, 0.717) is 5.70 Å². The van der Waals surface area contributed by atoms with Gasteiger partial charge in [-0.15, -0.1) is 0 Å². The molecule has 0 saturated heterocycles. The van der Waals surface area contributed by atoms with Gasteiger partial charge in [-0.2, -0.15) is 0 Å². The van der Waals surface area contributed by atoms with E-state index in [1.54, 1.807) is 26.2 Å². The van der Waals surface area contributed by atoms with E-state index >= 15 is 0 Å². The number of carbonyl (C=O) groups is 2. The molecule has 0 radical (unpaired) electrons. The first-order valence-corrected chi connectivity index (χ1v) is 8.81. The average molecular weight is 376 g/mol. The number of nitrogens with one attached hydrogen (secondary N) is 2. The second-order valence-electron chi connectivity index (χ2n) is 7.22. The summed E-state index contributed by atoms with van der Waals surface area (Å²) in [5, 5.41) is 26.4. The molecule has 0 heterocycles. The van der Waals surface area contributed by atoms with Crippen LogP contribution in [0.25, 0.3) is 0 Å². The zero-order valence-corrected chi connectivity index (χ0v) is 16.4. The molecule has 1 aromatic carbocycles. The van der Waals surface area contributed by atoms with E-state index in [0.717, 1.165) is 13.0 Å². The van der Waals surface area contributed by atoms with Crippen molar-refractivity contribution in [2.75, 3.05) is 40.1 Å². The number of hydrogen-bond acceptors (Lipinski definition) is 7. The van der Waals surface area contributed by atoms with Crippen LogP contribution in [0, 0.1) is 0 Å². The van der Waals surface area contributed by atoms with Crippen molar-refractivity contribution in [3.63, 3.8) is 0 Å². The molecular weight excluding hydrogens is 348 g/mol. The Balaban J connectivity index is 2.21. The standard InChI is InChI=1S/C19H28N4O4/c1-11(9-10-22(2)3)20-14-15(18(26)17(14)25)21-13-8-6-7-12(16(13)24)19(27)23(4)5/h6-8,11,17,20-21,24-25H,9-10H2,1-5H3. The number of nitrogens with zero attached hydrogens (tertiary/aromatic N) is 2. The Morgan fingerprint density at radius 2 is 1.93 bits per heavy atom. The molecule has 1 aromatic rings. The summed E-state index contributed by atoms with van der Waals surface area (Å²) in [5.74, 6) is -1.04. The molecule has 2 rings (SSSR count). The highest BCUT2D eigenvalue weighted by atomic mass is 16.3. The minimum Gasteiger partial charge on any atom is -0.505 e. The third kappa shape index (κ3) is 4.58. The third-order valence-electron chi connectivity index (χ3n) is 4.38. The summed E-state index contributed by atoms with van der Waals surface area (Å²) in [5.41, 5.74) is 0.962. The number of rotatable bonds is 8. The molecule has 2 unspecified atom stereocenters. The lowest BCUT2D eigenvalue weighted by Gasteiger charge is -2.32. The Morgan fingerprint density at radius 1 is 1.26 bits per heavy atom. The van der Waals surface area contributed by atoms with E-state index in [-0.39, 0.29) is 34.6 Å². The fourth-order valence-corrected chi connectivity index (χ4v) is 2.72. The SMILES string of the molecule is CC(CCN(C)C)NC1=C(Nc2cccc(C(=O)N(C)C)c2O)C(=O)C1O. The fourth-order valence-electron chi connectivity index (χ4n) is 2.72. The summed E-state index contributed by atoms with van der Waals surface area (Å²) in [6.45, 7) is 2.83. The highest BCUT2D eigenvalue weighted by Gasteiger charge is 2.39. The number of aliphatic hydroxyl groups excluding tert-OH is 1. The number of hydrogen-bond donors (Lipinski definition) is 4. The first-order valence-electron chi connectivity index (χ1n) is 8.81. The van der Waals surface area contributed by atoms with E-state index in [2.05, 4.69) is 15.5 Å². The summed E-state index contributed by atoms with van der Waals surface area (Å²) in [7, 11) is 7.14. The van der Waals surface area contributed by atoms with Crippen molar-refractivity contribution in [2.24, 2.45) is 0 Å². The average Bonchev–Trinajstić information content (AvgIpc) is 2.62. The van der Waals surface area contributed by atoms with Crippen LogP contribution < -0.4 is 10.6 Å². The van der Waals surface area contributed by atoms with Gasteiger partial charge in [-0.3, -0.25) is 9.59 Å². The number of phenols is 1. The number of benzene rings is 1. The fraction of sp³-hybridized carbons (Fsp3) is 0.474. The minimum atomic E-state index is -1.21. The number of Topliss-reactive ketones (excluding diaryl/α,β-unsaturated/α-hetero) is 1. The van der Waals surface area contributed by atoms with Gasteiger partial charge in [0.2, 0.25) is 5.78 Å². The van der Waals surface area contributed by atoms with Crippen molar-refractivity contribution in [3.8, 4) is 5.75 Å². The molecule has 1 amide bonds. The number of para-hydroxylation sites is 1. The molecule has 8 nitrogen and oxygen atoms in total. The topological polar surface area (TPSA) is 105 Å².